The van der Waals surface area contributed by atoms with Crippen LogP contribution in [0.4, 0.5) is 0 Å². The molecule has 1 aromatic rings. The van der Waals surface area contributed by atoms with E-state index in [-0.39, 0.29) is 18.1 Å². The number of aliphatic carboxylic acids is 1. The van der Waals surface area contributed by atoms with Gasteiger partial charge in [0.25, 0.3) is 5.91 Å². The Bertz CT molecular complexity index is 479. The number of rotatable bonds is 6. The van der Waals surface area contributed by atoms with Crippen LogP contribution in [-0.4, -0.2) is 49.5 Å². The quantitative estimate of drug-likeness (QED) is 0.815. The number of nitrogens with zero attached hydrogens (tertiary/aromatic N) is 4. The van der Waals surface area contributed by atoms with Gasteiger partial charge in [-0.25, -0.2) is 4.68 Å². The molecule has 1 N–H and O–H groups in total. The first-order chi connectivity index (χ1) is 8.97. The maximum atomic E-state index is 12.3. The number of amides is 1. The fourth-order valence-corrected chi connectivity index (χ4v) is 1.94. The third-order valence-corrected chi connectivity index (χ3v) is 2.87. The van der Waals surface area contributed by atoms with E-state index < -0.39 is 5.97 Å². The second-order valence-electron chi connectivity index (χ2n) is 5.28. The maximum absolute atomic E-state index is 12.3. The Hall–Kier alpha value is -1.92. The molecule has 19 heavy (non-hydrogen) atoms. The molecular weight excluding hydrogens is 248 g/mol. The first-order valence-electron chi connectivity index (χ1n) is 6.40. The first-order valence-corrected chi connectivity index (χ1v) is 6.40. The normalized spacial score (nSPS) is 14.7. The van der Waals surface area contributed by atoms with E-state index in [1.807, 2.05) is 4.90 Å². The number of aromatic nitrogens is 3. The molecule has 1 aliphatic carbocycles. The van der Waals surface area contributed by atoms with E-state index in [1.54, 1.807) is 0 Å². The highest BCUT2D eigenvalue weighted by atomic mass is 16.4. The van der Waals surface area contributed by atoms with Crippen LogP contribution in [0.5, 0.6) is 0 Å². The van der Waals surface area contributed by atoms with Crippen LogP contribution < -0.4 is 0 Å². The van der Waals surface area contributed by atoms with Crippen molar-refractivity contribution in [1.82, 2.24) is 19.9 Å². The number of carbonyl (C=O) groups excluding carboxylic acids is 1. The molecule has 1 saturated carbocycles. The van der Waals surface area contributed by atoms with Crippen molar-refractivity contribution in [3.63, 3.8) is 0 Å². The topological polar surface area (TPSA) is 88.3 Å². The summed E-state index contributed by atoms with van der Waals surface area (Å²) in [6, 6.07) is 0.305. The fourth-order valence-electron chi connectivity index (χ4n) is 1.94. The van der Waals surface area contributed by atoms with Gasteiger partial charge < -0.3 is 10.0 Å². The fraction of sp³-hybridized carbons (Fsp3) is 0.667. The van der Waals surface area contributed by atoms with Crippen LogP contribution in [0.15, 0.2) is 6.20 Å². The van der Waals surface area contributed by atoms with E-state index in [4.69, 9.17) is 5.11 Å². The van der Waals surface area contributed by atoms with E-state index in [9.17, 15) is 9.59 Å². The van der Waals surface area contributed by atoms with Gasteiger partial charge in [-0.3, -0.25) is 9.59 Å². The number of hydrogen-bond acceptors (Lipinski definition) is 4. The smallest absolute Gasteiger partial charge is 0.325 e. The van der Waals surface area contributed by atoms with Crippen molar-refractivity contribution in [3.05, 3.63) is 11.9 Å². The van der Waals surface area contributed by atoms with Crippen molar-refractivity contribution in [3.8, 4) is 0 Å². The van der Waals surface area contributed by atoms with Gasteiger partial charge in [0.1, 0.15) is 6.54 Å². The van der Waals surface area contributed by atoms with Gasteiger partial charge in [-0.1, -0.05) is 19.1 Å². The molecule has 1 aliphatic rings. The summed E-state index contributed by atoms with van der Waals surface area (Å²) < 4.78 is 1.16. The predicted octanol–water partition coefficient (Wildman–Crippen LogP) is 0.623. The summed E-state index contributed by atoms with van der Waals surface area (Å²) in [5.74, 6) is -0.781. The summed E-state index contributed by atoms with van der Waals surface area (Å²) in [5.41, 5.74) is 0.216. The van der Waals surface area contributed by atoms with Gasteiger partial charge >= 0.3 is 5.97 Å². The third-order valence-electron chi connectivity index (χ3n) is 2.87. The standard InChI is InChI=1S/C12H18N4O3/c1-8(2)5-16(9-3-4-9)12(19)10-6-15(14-13-10)7-11(17)18/h6,8-9H,3-5,7H2,1-2H3,(H,17,18). The van der Waals surface area contributed by atoms with Crippen molar-refractivity contribution < 1.29 is 14.7 Å². The summed E-state index contributed by atoms with van der Waals surface area (Å²) >= 11 is 0. The van der Waals surface area contributed by atoms with Crippen molar-refractivity contribution >= 4 is 11.9 Å². The first kappa shape index (κ1) is 13.5. The van der Waals surface area contributed by atoms with Gasteiger partial charge in [0.2, 0.25) is 0 Å². The summed E-state index contributed by atoms with van der Waals surface area (Å²) in [6.07, 6.45) is 3.45. The Morgan fingerprint density at radius 3 is 2.74 bits per heavy atom. The summed E-state index contributed by atoms with van der Waals surface area (Å²) in [6.45, 7) is 4.52. The average Bonchev–Trinajstić information content (AvgIpc) is 3.05. The van der Waals surface area contributed by atoms with Gasteiger partial charge in [0.15, 0.2) is 5.69 Å². The number of carboxylic acid groups (broad SMARTS) is 1. The van der Waals surface area contributed by atoms with Crippen LogP contribution in [0.1, 0.15) is 37.2 Å². The summed E-state index contributed by atoms with van der Waals surface area (Å²) in [5, 5.41) is 16.1. The van der Waals surface area contributed by atoms with E-state index >= 15 is 0 Å². The molecular formula is C12H18N4O3. The molecule has 104 valence electrons. The maximum Gasteiger partial charge on any atom is 0.325 e. The lowest BCUT2D eigenvalue weighted by molar-refractivity contribution is -0.137. The molecule has 0 aromatic carbocycles. The molecule has 7 nitrogen and oxygen atoms in total. The molecule has 0 radical (unpaired) electrons. The van der Waals surface area contributed by atoms with Crippen LogP contribution in [0.25, 0.3) is 0 Å². The van der Waals surface area contributed by atoms with E-state index in [0.29, 0.717) is 18.5 Å². The average molecular weight is 266 g/mol. The van der Waals surface area contributed by atoms with E-state index in [0.717, 1.165) is 17.5 Å². The molecule has 1 aromatic heterocycles. The Kier molecular flexibility index (Phi) is 3.82. The van der Waals surface area contributed by atoms with Gasteiger partial charge in [-0.05, 0) is 18.8 Å². The van der Waals surface area contributed by atoms with Gasteiger partial charge in [0.05, 0.1) is 6.20 Å². The SMILES string of the molecule is CC(C)CN(C(=O)c1cn(CC(=O)O)nn1)C1CC1. The molecule has 0 unspecified atom stereocenters. The summed E-state index contributed by atoms with van der Waals surface area (Å²) in [7, 11) is 0. The van der Waals surface area contributed by atoms with Crippen LogP contribution in [-0.2, 0) is 11.3 Å². The molecule has 7 heteroatoms. The Morgan fingerprint density at radius 1 is 1.53 bits per heavy atom. The van der Waals surface area contributed by atoms with Gasteiger partial charge in [-0.2, -0.15) is 0 Å². The molecule has 0 bridgehead atoms. The Morgan fingerprint density at radius 2 is 2.21 bits per heavy atom. The zero-order valence-corrected chi connectivity index (χ0v) is 11.1. The van der Waals surface area contributed by atoms with Crippen LogP contribution in [0.2, 0.25) is 0 Å². The molecule has 1 heterocycles. The number of hydrogen-bond donors (Lipinski definition) is 1. The van der Waals surface area contributed by atoms with E-state index in [2.05, 4.69) is 24.2 Å². The van der Waals surface area contributed by atoms with Crippen LogP contribution >= 0.6 is 0 Å². The van der Waals surface area contributed by atoms with Gasteiger partial charge in [0, 0.05) is 12.6 Å². The molecule has 1 amide bonds. The lowest BCUT2D eigenvalue weighted by Gasteiger charge is -2.23. The van der Waals surface area contributed by atoms with Crippen molar-refractivity contribution in [2.75, 3.05) is 6.54 Å². The minimum atomic E-state index is -1.01. The molecule has 0 spiro atoms. The van der Waals surface area contributed by atoms with Crippen molar-refractivity contribution in [1.29, 1.82) is 0 Å². The number of carboxylic acids is 1. The molecule has 0 atom stereocenters. The lowest BCUT2D eigenvalue weighted by Crippen LogP contribution is -2.36. The highest BCUT2D eigenvalue weighted by Crippen LogP contribution is 2.28. The van der Waals surface area contributed by atoms with Crippen LogP contribution in [0, 0.1) is 5.92 Å². The zero-order chi connectivity index (χ0) is 14.0. The van der Waals surface area contributed by atoms with Gasteiger partial charge in [-0.15, -0.1) is 5.10 Å². The Labute approximate surface area is 111 Å². The third kappa shape index (κ3) is 3.52. The second kappa shape index (κ2) is 5.38. The molecule has 0 saturated heterocycles. The second-order valence-corrected chi connectivity index (χ2v) is 5.28. The Balaban J connectivity index is 2.08. The van der Waals surface area contributed by atoms with Crippen LogP contribution in [0.3, 0.4) is 0 Å². The summed E-state index contributed by atoms with van der Waals surface area (Å²) in [4.78, 5) is 24.7. The van der Waals surface area contributed by atoms with Crippen molar-refractivity contribution in [2.45, 2.75) is 39.3 Å². The largest absolute Gasteiger partial charge is 0.480 e. The molecule has 2 rings (SSSR count). The number of carbonyl (C=O) groups is 2. The van der Waals surface area contributed by atoms with E-state index in [1.165, 1.54) is 6.20 Å². The zero-order valence-electron chi connectivity index (χ0n) is 11.1. The monoisotopic (exact) mass is 266 g/mol. The van der Waals surface area contributed by atoms with Crippen molar-refractivity contribution in [2.24, 2.45) is 5.92 Å². The highest BCUT2D eigenvalue weighted by molar-refractivity contribution is 5.92. The highest BCUT2D eigenvalue weighted by Gasteiger charge is 2.34. The minimum Gasteiger partial charge on any atom is -0.480 e. The molecule has 0 aliphatic heterocycles. The predicted molar refractivity (Wildman–Crippen MR) is 66.6 cm³/mol. The molecule has 1 fully saturated rings. The minimum absolute atomic E-state index is 0.159. The lowest BCUT2D eigenvalue weighted by atomic mass is 10.2.